The Bertz CT molecular complexity index is 1270. The predicted molar refractivity (Wildman–Crippen MR) is 102 cm³/mol. The van der Waals surface area contributed by atoms with Gasteiger partial charge in [0, 0.05) is 11.1 Å². The molecule has 142 valence electrons. The third kappa shape index (κ3) is 2.88. The van der Waals surface area contributed by atoms with Gasteiger partial charge < -0.3 is 13.9 Å². The maximum absolute atomic E-state index is 12.6. The molecular formula is C20H17N3O5. The minimum Gasteiger partial charge on any atom is -0.497 e. The van der Waals surface area contributed by atoms with Gasteiger partial charge in [0.1, 0.15) is 16.9 Å². The summed E-state index contributed by atoms with van der Waals surface area (Å²) in [6.07, 6.45) is 1.38. The summed E-state index contributed by atoms with van der Waals surface area (Å²) < 4.78 is 17.2. The van der Waals surface area contributed by atoms with Crippen LogP contribution in [-0.4, -0.2) is 34.3 Å². The van der Waals surface area contributed by atoms with Crippen LogP contribution >= 0.6 is 0 Å². The molecule has 0 amide bonds. The van der Waals surface area contributed by atoms with Gasteiger partial charge in [-0.25, -0.2) is 19.1 Å². The van der Waals surface area contributed by atoms with Gasteiger partial charge in [0.15, 0.2) is 5.65 Å². The Labute approximate surface area is 159 Å². The largest absolute Gasteiger partial charge is 0.497 e. The second kappa shape index (κ2) is 6.80. The molecule has 0 bridgehead atoms. The minimum atomic E-state index is -0.517. The summed E-state index contributed by atoms with van der Waals surface area (Å²) in [5.41, 5.74) is 1.88. The zero-order chi connectivity index (χ0) is 19.8. The summed E-state index contributed by atoms with van der Waals surface area (Å²) in [5, 5.41) is 4.95. The number of hydrogen-bond acceptors (Lipinski definition) is 7. The lowest BCUT2D eigenvalue weighted by Gasteiger charge is -2.08. The number of esters is 1. The molecule has 0 aliphatic heterocycles. The van der Waals surface area contributed by atoms with Gasteiger partial charge in [-0.15, -0.1) is 0 Å². The first kappa shape index (κ1) is 17.7. The summed E-state index contributed by atoms with van der Waals surface area (Å²) in [6.45, 7) is 3.74. The lowest BCUT2D eigenvalue weighted by atomic mass is 10.1. The van der Waals surface area contributed by atoms with Gasteiger partial charge in [0.2, 0.25) is 0 Å². The lowest BCUT2D eigenvalue weighted by molar-refractivity contribution is 0.0528. The Morgan fingerprint density at radius 3 is 2.82 bits per heavy atom. The lowest BCUT2D eigenvalue weighted by Crippen LogP contribution is -2.09. The molecule has 0 saturated heterocycles. The molecule has 4 rings (SSSR count). The number of aromatic nitrogens is 3. The standard InChI is InChI=1S/C20H17N3O5/c1-4-27-19(24)15-10-21-23-16(7-11(2)22-18(15)23)14-9-12-8-13(26-3)5-6-17(12)28-20(14)25/h5-10H,4H2,1-3H3. The second-order valence-corrected chi connectivity index (χ2v) is 6.15. The van der Waals surface area contributed by atoms with Crippen LogP contribution in [0.3, 0.4) is 0 Å². The number of carbonyl (C=O) groups is 1. The number of carbonyl (C=O) groups excluding carboxylic acids is 1. The molecule has 0 saturated carbocycles. The van der Waals surface area contributed by atoms with Crippen LogP contribution in [0.5, 0.6) is 5.75 Å². The van der Waals surface area contributed by atoms with Gasteiger partial charge in [-0.05, 0) is 44.2 Å². The zero-order valence-electron chi connectivity index (χ0n) is 15.6. The third-order valence-corrected chi connectivity index (χ3v) is 4.31. The van der Waals surface area contributed by atoms with Crippen LogP contribution in [0.25, 0.3) is 27.9 Å². The maximum Gasteiger partial charge on any atom is 0.345 e. The van der Waals surface area contributed by atoms with Crippen LogP contribution in [0.4, 0.5) is 0 Å². The highest BCUT2D eigenvalue weighted by molar-refractivity contribution is 5.96. The van der Waals surface area contributed by atoms with Crippen molar-refractivity contribution in [1.82, 2.24) is 14.6 Å². The summed E-state index contributed by atoms with van der Waals surface area (Å²) in [6, 6.07) is 8.61. The molecule has 0 spiro atoms. The summed E-state index contributed by atoms with van der Waals surface area (Å²) in [4.78, 5) is 29.2. The van der Waals surface area contributed by atoms with E-state index in [1.54, 1.807) is 51.3 Å². The van der Waals surface area contributed by atoms with E-state index in [1.807, 2.05) is 0 Å². The van der Waals surface area contributed by atoms with Crippen molar-refractivity contribution in [2.24, 2.45) is 0 Å². The van der Waals surface area contributed by atoms with Crippen LogP contribution in [0.2, 0.25) is 0 Å². The second-order valence-electron chi connectivity index (χ2n) is 6.15. The van der Waals surface area contributed by atoms with Gasteiger partial charge in [-0.2, -0.15) is 5.10 Å². The van der Waals surface area contributed by atoms with E-state index in [2.05, 4.69) is 10.1 Å². The molecule has 8 heteroatoms. The quantitative estimate of drug-likeness (QED) is 0.397. The first-order valence-corrected chi connectivity index (χ1v) is 8.66. The topological polar surface area (TPSA) is 95.9 Å². The fourth-order valence-electron chi connectivity index (χ4n) is 3.04. The summed E-state index contributed by atoms with van der Waals surface area (Å²) in [5.74, 6) is 0.129. The van der Waals surface area contributed by atoms with Crippen molar-refractivity contribution in [3.63, 3.8) is 0 Å². The molecule has 3 aromatic heterocycles. The molecule has 0 unspecified atom stereocenters. The third-order valence-electron chi connectivity index (χ3n) is 4.31. The highest BCUT2D eigenvalue weighted by Gasteiger charge is 2.20. The average molecular weight is 379 g/mol. The van der Waals surface area contributed by atoms with Crippen LogP contribution in [0.15, 0.2) is 45.7 Å². The number of hydrogen-bond donors (Lipinski definition) is 0. The maximum atomic E-state index is 12.6. The Balaban J connectivity index is 1.97. The van der Waals surface area contributed by atoms with E-state index in [9.17, 15) is 9.59 Å². The average Bonchev–Trinajstić information content (AvgIpc) is 3.10. The van der Waals surface area contributed by atoms with Crippen molar-refractivity contribution in [2.45, 2.75) is 13.8 Å². The molecule has 4 aromatic rings. The summed E-state index contributed by atoms with van der Waals surface area (Å²) >= 11 is 0. The number of nitrogens with zero attached hydrogens (tertiary/aromatic N) is 3. The Morgan fingerprint density at radius 1 is 1.25 bits per heavy atom. The first-order valence-electron chi connectivity index (χ1n) is 8.66. The number of benzene rings is 1. The number of aryl methyl sites for hydroxylation is 1. The van der Waals surface area contributed by atoms with Gasteiger partial charge in [0.25, 0.3) is 0 Å². The van der Waals surface area contributed by atoms with Crippen molar-refractivity contribution >= 4 is 22.6 Å². The van der Waals surface area contributed by atoms with E-state index in [0.717, 1.165) is 0 Å². The van der Waals surface area contributed by atoms with E-state index in [0.29, 0.717) is 39.3 Å². The number of ether oxygens (including phenoxy) is 2. The van der Waals surface area contributed by atoms with Crippen molar-refractivity contribution in [1.29, 1.82) is 0 Å². The normalized spacial score (nSPS) is 11.1. The fraction of sp³-hybridized carbons (Fsp3) is 0.200. The number of fused-ring (bicyclic) bond motifs is 2. The molecule has 0 fully saturated rings. The minimum absolute atomic E-state index is 0.235. The Kier molecular flexibility index (Phi) is 4.31. The van der Waals surface area contributed by atoms with E-state index in [-0.39, 0.29) is 12.2 Å². The van der Waals surface area contributed by atoms with Crippen LogP contribution in [0.1, 0.15) is 23.0 Å². The van der Waals surface area contributed by atoms with E-state index in [4.69, 9.17) is 13.9 Å². The molecule has 0 aliphatic rings. The molecule has 3 heterocycles. The van der Waals surface area contributed by atoms with Gasteiger partial charge in [-0.1, -0.05) is 0 Å². The Morgan fingerprint density at radius 2 is 2.07 bits per heavy atom. The first-order chi connectivity index (χ1) is 13.5. The van der Waals surface area contributed by atoms with Crippen molar-refractivity contribution in [3.8, 4) is 17.0 Å². The van der Waals surface area contributed by atoms with E-state index >= 15 is 0 Å². The predicted octanol–water partition coefficient (Wildman–Crippen LogP) is 3.00. The zero-order valence-corrected chi connectivity index (χ0v) is 15.6. The molecular weight excluding hydrogens is 362 g/mol. The van der Waals surface area contributed by atoms with Gasteiger partial charge in [0.05, 0.1) is 31.2 Å². The van der Waals surface area contributed by atoms with Gasteiger partial charge >= 0.3 is 11.6 Å². The molecule has 0 atom stereocenters. The molecule has 0 radical (unpaired) electrons. The van der Waals surface area contributed by atoms with Crippen molar-refractivity contribution < 1.29 is 18.7 Å². The van der Waals surface area contributed by atoms with Crippen LogP contribution in [-0.2, 0) is 4.74 Å². The highest BCUT2D eigenvalue weighted by atomic mass is 16.5. The number of methoxy groups -OCH3 is 1. The van der Waals surface area contributed by atoms with Gasteiger partial charge in [-0.3, -0.25) is 0 Å². The molecule has 0 aliphatic carbocycles. The SMILES string of the molecule is CCOC(=O)c1cnn2c(-c3cc4cc(OC)ccc4oc3=O)cc(C)nc12. The smallest absolute Gasteiger partial charge is 0.345 e. The molecule has 0 N–H and O–H groups in total. The monoisotopic (exact) mass is 379 g/mol. The number of rotatable bonds is 4. The van der Waals surface area contributed by atoms with Crippen LogP contribution < -0.4 is 10.4 Å². The van der Waals surface area contributed by atoms with Crippen LogP contribution in [0, 0.1) is 6.92 Å². The molecule has 28 heavy (non-hydrogen) atoms. The Hall–Kier alpha value is -3.68. The molecule has 1 aromatic carbocycles. The van der Waals surface area contributed by atoms with Crippen molar-refractivity contribution in [3.05, 3.63) is 58.2 Å². The van der Waals surface area contributed by atoms with E-state index < -0.39 is 11.6 Å². The molecule has 8 nitrogen and oxygen atoms in total. The fourth-order valence-corrected chi connectivity index (χ4v) is 3.04. The highest BCUT2D eigenvalue weighted by Crippen LogP contribution is 2.26. The van der Waals surface area contributed by atoms with E-state index in [1.165, 1.54) is 10.7 Å². The summed E-state index contributed by atoms with van der Waals surface area (Å²) in [7, 11) is 1.57. The van der Waals surface area contributed by atoms with Crippen molar-refractivity contribution in [2.75, 3.05) is 13.7 Å².